The fourth-order valence-corrected chi connectivity index (χ4v) is 4.72. The van der Waals surface area contributed by atoms with Gasteiger partial charge in [-0.1, -0.05) is 18.2 Å². The number of likely N-dealkylation sites (tertiary alicyclic amines) is 1. The fourth-order valence-electron chi connectivity index (χ4n) is 4.72. The first-order valence-corrected chi connectivity index (χ1v) is 11.1. The predicted octanol–water partition coefficient (Wildman–Crippen LogP) is 3.45. The van der Waals surface area contributed by atoms with E-state index in [0.717, 1.165) is 74.0 Å². The number of anilines is 1. The molecule has 0 N–H and O–H groups in total. The second kappa shape index (κ2) is 9.64. The molecule has 0 bridgehead atoms. The zero-order valence-electron chi connectivity index (χ0n) is 18.8. The Morgan fingerprint density at radius 2 is 2.00 bits per heavy atom. The highest BCUT2D eigenvalue weighted by molar-refractivity contribution is 5.77. The number of para-hydroxylation sites is 1. The van der Waals surface area contributed by atoms with Crippen molar-refractivity contribution in [3.05, 3.63) is 46.9 Å². The number of aromatic nitrogens is 2. The molecule has 2 aliphatic rings. The van der Waals surface area contributed by atoms with Crippen molar-refractivity contribution in [2.24, 2.45) is 0 Å². The molecule has 1 aromatic carbocycles. The van der Waals surface area contributed by atoms with Gasteiger partial charge in [0.25, 0.3) is 0 Å². The molecule has 1 amide bonds. The van der Waals surface area contributed by atoms with E-state index in [1.54, 1.807) is 14.2 Å². The summed E-state index contributed by atoms with van der Waals surface area (Å²) in [6.45, 7) is 4.97. The molecule has 7 heteroatoms. The molecule has 1 aromatic heterocycles. The van der Waals surface area contributed by atoms with Crippen LogP contribution in [0.4, 0.5) is 5.82 Å². The SMILES string of the molecule is COCCC(=O)N1CCCC1c1nc(C)c2c(n1)N(Cc1ccccc1OC)CCC2. The van der Waals surface area contributed by atoms with Gasteiger partial charge in [-0.25, -0.2) is 9.97 Å². The summed E-state index contributed by atoms with van der Waals surface area (Å²) in [7, 11) is 3.34. The molecule has 1 fully saturated rings. The molecule has 4 rings (SSSR count). The number of carbonyl (C=O) groups is 1. The Kier molecular flexibility index (Phi) is 6.70. The third-order valence-electron chi connectivity index (χ3n) is 6.31. The minimum absolute atomic E-state index is 0.0524. The van der Waals surface area contributed by atoms with Crippen LogP contribution in [0, 0.1) is 6.92 Å². The summed E-state index contributed by atoms with van der Waals surface area (Å²) in [6, 6.07) is 8.09. The first-order valence-electron chi connectivity index (χ1n) is 11.1. The minimum Gasteiger partial charge on any atom is -0.496 e. The van der Waals surface area contributed by atoms with Gasteiger partial charge >= 0.3 is 0 Å². The molecule has 1 unspecified atom stereocenters. The van der Waals surface area contributed by atoms with E-state index in [1.165, 1.54) is 5.56 Å². The molecule has 2 aromatic rings. The quantitative estimate of drug-likeness (QED) is 0.678. The van der Waals surface area contributed by atoms with Gasteiger partial charge < -0.3 is 19.3 Å². The van der Waals surface area contributed by atoms with Gasteiger partial charge in [-0.3, -0.25) is 4.79 Å². The first kappa shape index (κ1) is 21.6. The number of nitrogens with zero attached hydrogens (tertiary/aromatic N) is 4. The van der Waals surface area contributed by atoms with Crippen molar-refractivity contribution in [3.63, 3.8) is 0 Å². The van der Waals surface area contributed by atoms with E-state index in [4.69, 9.17) is 19.4 Å². The Hall–Kier alpha value is -2.67. The topological polar surface area (TPSA) is 67.8 Å². The summed E-state index contributed by atoms with van der Waals surface area (Å²) in [4.78, 5) is 26.9. The van der Waals surface area contributed by atoms with Gasteiger partial charge in [0.15, 0.2) is 5.82 Å². The second-order valence-electron chi connectivity index (χ2n) is 8.29. The Labute approximate surface area is 184 Å². The van der Waals surface area contributed by atoms with Gasteiger partial charge in [-0.05, 0) is 38.7 Å². The second-order valence-corrected chi connectivity index (χ2v) is 8.29. The predicted molar refractivity (Wildman–Crippen MR) is 119 cm³/mol. The van der Waals surface area contributed by atoms with Gasteiger partial charge in [0.05, 0.1) is 26.2 Å². The summed E-state index contributed by atoms with van der Waals surface area (Å²) in [5, 5.41) is 0. The smallest absolute Gasteiger partial charge is 0.225 e. The molecule has 7 nitrogen and oxygen atoms in total. The van der Waals surface area contributed by atoms with Gasteiger partial charge in [0.1, 0.15) is 11.6 Å². The summed E-state index contributed by atoms with van der Waals surface area (Å²) < 4.78 is 10.7. The van der Waals surface area contributed by atoms with Crippen LogP contribution in [0.25, 0.3) is 0 Å². The van der Waals surface area contributed by atoms with Gasteiger partial charge in [-0.2, -0.15) is 0 Å². The highest BCUT2D eigenvalue weighted by atomic mass is 16.5. The van der Waals surface area contributed by atoms with E-state index < -0.39 is 0 Å². The van der Waals surface area contributed by atoms with E-state index in [0.29, 0.717) is 13.0 Å². The standard InChI is InChI=1S/C24H32N4O3/c1-17-19-9-6-13-27(16-18-8-4-5-11-21(18)31-3)24(19)26-23(25-17)20-10-7-14-28(20)22(29)12-15-30-2/h4-5,8,11,20H,6-7,9-10,12-16H2,1-3H3. The number of hydrogen-bond donors (Lipinski definition) is 0. The Bertz CT molecular complexity index is 933. The number of carbonyl (C=O) groups excluding carboxylic acids is 1. The van der Waals surface area contributed by atoms with E-state index in [2.05, 4.69) is 17.9 Å². The molecular formula is C24H32N4O3. The third-order valence-corrected chi connectivity index (χ3v) is 6.31. The Balaban J connectivity index is 1.63. The molecule has 0 spiro atoms. The molecule has 3 heterocycles. The number of rotatable bonds is 7. The molecule has 31 heavy (non-hydrogen) atoms. The Morgan fingerprint density at radius 3 is 2.81 bits per heavy atom. The van der Waals surface area contributed by atoms with E-state index >= 15 is 0 Å². The van der Waals surface area contributed by atoms with Crippen LogP contribution in [-0.4, -0.2) is 54.7 Å². The molecule has 0 saturated carbocycles. The largest absolute Gasteiger partial charge is 0.496 e. The normalized spacial score (nSPS) is 18.2. The van der Waals surface area contributed by atoms with E-state index in [9.17, 15) is 4.79 Å². The van der Waals surface area contributed by atoms with Crippen LogP contribution in [0.2, 0.25) is 0 Å². The lowest BCUT2D eigenvalue weighted by Gasteiger charge is -2.33. The maximum absolute atomic E-state index is 12.7. The molecular weight excluding hydrogens is 392 g/mol. The van der Waals surface area contributed by atoms with Crippen LogP contribution in [0.15, 0.2) is 24.3 Å². The van der Waals surface area contributed by atoms with Crippen LogP contribution in [0.3, 0.4) is 0 Å². The molecule has 166 valence electrons. The number of benzene rings is 1. The monoisotopic (exact) mass is 424 g/mol. The lowest BCUT2D eigenvalue weighted by atomic mass is 10.0. The molecule has 1 saturated heterocycles. The van der Waals surface area contributed by atoms with E-state index in [-0.39, 0.29) is 11.9 Å². The minimum atomic E-state index is -0.0524. The lowest BCUT2D eigenvalue weighted by Crippen LogP contribution is -2.34. The van der Waals surface area contributed by atoms with Crippen LogP contribution in [0.1, 0.15) is 54.4 Å². The van der Waals surface area contributed by atoms with Crippen LogP contribution in [0.5, 0.6) is 5.75 Å². The summed E-state index contributed by atoms with van der Waals surface area (Å²) in [6.07, 6.45) is 4.36. The fraction of sp³-hybridized carbons (Fsp3) is 0.542. The van der Waals surface area contributed by atoms with Gasteiger partial charge in [0.2, 0.25) is 5.91 Å². The number of aryl methyl sites for hydroxylation is 1. The van der Waals surface area contributed by atoms with Crippen molar-refractivity contribution in [2.75, 3.05) is 38.8 Å². The third kappa shape index (κ3) is 4.51. The maximum Gasteiger partial charge on any atom is 0.225 e. The summed E-state index contributed by atoms with van der Waals surface area (Å²) in [5.74, 6) is 2.79. The van der Waals surface area contributed by atoms with Crippen molar-refractivity contribution >= 4 is 11.7 Å². The average molecular weight is 425 g/mol. The van der Waals surface area contributed by atoms with Gasteiger partial charge in [-0.15, -0.1) is 0 Å². The highest BCUT2D eigenvalue weighted by Gasteiger charge is 2.33. The first-order chi connectivity index (χ1) is 15.1. The van der Waals surface area contributed by atoms with Crippen LogP contribution < -0.4 is 9.64 Å². The van der Waals surface area contributed by atoms with Crippen LogP contribution >= 0.6 is 0 Å². The molecule has 0 aliphatic carbocycles. The van der Waals surface area contributed by atoms with Crippen molar-refractivity contribution in [3.8, 4) is 5.75 Å². The Morgan fingerprint density at radius 1 is 1.16 bits per heavy atom. The molecule has 1 atom stereocenters. The highest BCUT2D eigenvalue weighted by Crippen LogP contribution is 2.35. The lowest BCUT2D eigenvalue weighted by molar-refractivity contribution is -0.133. The summed E-state index contributed by atoms with van der Waals surface area (Å²) >= 11 is 0. The molecule has 2 aliphatic heterocycles. The number of amides is 1. The number of ether oxygens (including phenoxy) is 2. The van der Waals surface area contributed by atoms with Crippen LogP contribution in [-0.2, 0) is 22.5 Å². The van der Waals surface area contributed by atoms with Crippen molar-refractivity contribution < 1.29 is 14.3 Å². The number of hydrogen-bond acceptors (Lipinski definition) is 6. The van der Waals surface area contributed by atoms with Crippen molar-refractivity contribution in [1.29, 1.82) is 0 Å². The zero-order valence-corrected chi connectivity index (χ0v) is 18.8. The number of fused-ring (bicyclic) bond motifs is 1. The zero-order chi connectivity index (χ0) is 21.8. The van der Waals surface area contributed by atoms with Crippen molar-refractivity contribution in [1.82, 2.24) is 14.9 Å². The summed E-state index contributed by atoms with van der Waals surface area (Å²) in [5.41, 5.74) is 3.40. The maximum atomic E-state index is 12.7. The number of methoxy groups -OCH3 is 2. The molecule has 0 radical (unpaired) electrons. The van der Waals surface area contributed by atoms with Gasteiger partial charge in [0, 0.05) is 43.6 Å². The van der Waals surface area contributed by atoms with E-state index in [1.807, 2.05) is 23.1 Å². The van der Waals surface area contributed by atoms with Crippen molar-refractivity contribution in [2.45, 2.75) is 51.6 Å². The average Bonchev–Trinajstić information content (AvgIpc) is 3.28.